The Labute approximate surface area is 256 Å². The summed E-state index contributed by atoms with van der Waals surface area (Å²) in [7, 11) is 1.62. The standard InChI is InChI=1S/C34H33ClN4O4/c1-24(40)33-36-39(28-10-4-3-5-11-28)34(38(33)27-17-15-26(16-18-27)37-19-21-42-22-20-37)29-12-8-14-31(41-2)32(29)43-23-25-9-6-7-13-30(25)35/h3-18,34H,19-23H2,1-2H3. The predicted octanol–water partition coefficient (Wildman–Crippen LogP) is 6.69. The quantitative estimate of drug-likeness (QED) is 0.213. The third kappa shape index (κ3) is 5.89. The molecule has 4 aromatic carbocycles. The molecule has 8 nitrogen and oxygen atoms in total. The second kappa shape index (κ2) is 12.8. The number of methoxy groups -OCH3 is 1. The van der Waals surface area contributed by atoms with Crippen molar-refractivity contribution in [3.8, 4) is 11.5 Å². The fourth-order valence-electron chi connectivity index (χ4n) is 5.45. The summed E-state index contributed by atoms with van der Waals surface area (Å²) in [6, 6.07) is 31.4. The van der Waals surface area contributed by atoms with Crippen LogP contribution in [0.25, 0.3) is 0 Å². The highest BCUT2D eigenvalue weighted by Crippen LogP contribution is 2.45. The molecule has 1 fully saturated rings. The molecule has 0 N–H and O–H groups in total. The number of Topliss-reactive ketones (excluding diaryl/α,β-unsaturated/α-hetero) is 1. The maximum absolute atomic E-state index is 13.2. The number of benzene rings is 4. The monoisotopic (exact) mass is 596 g/mol. The van der Waals surface area contributed by atoms with E-state index in [-0.39, 0.29) is 12.4 Å². The molecule has 4 aromatic rings. The zero-order valence-electron chi connectivity index (χ0n) is 24.2. The van der Waals surface area contributed by atoms with Gasteiger partial charge in [-0.05, 0) is 48.5 Å². The number of ether oxygens (including phenoxy) is 3. The van der Waals surface area contributed by atoms with E-state index in [4.69, 9.17) is 30.9 Å². The number of carbonyl (C=O) groups excluding carboxylic acids is 1. The van der Waals surface area contributed by atoms with Crippen molar-refractivity contribution in [3.63, 3.8) is 0 Å². The summed E-state index contributed by atoms with van der Waals surface area (Å²) in [5.74, 6) is 1.29. The van der Waals surface area contributed by atoms with E-state index in [9.17, 15) is 4.79 Å². The minimum absolute atomic E-state index is 0.151. The van der Waals surface area contributed by atoms with Crippen LogP contribution in [-0.4, -0.2) is 45.0 Å². The number of amidine groups is 1. The van der Waals surface area contributed by atoms with Gasteiger partial charge in [-0.3, -0.25) is 9.69 Å². The molecule has 1 unspecified atom stereocenters. The number of nitrogens with zero attached hydrogens (tertiary/aromatic N) is 4. The summed E-state index contributed by atoms with van der Waals surface area (Å²) in [6.07, 6.45) is -0.549. The molecule has 0 aromatic heterocycles. The summed E-state index contributed by atoms with van der Waals surface area (Å²) in [5.41, 5.74) is 4.40. The highest BCUT2D eigenvalue weighted by molar-refractivity contribution is 6.44. The third-order valence-corrected chi connectivity index (χ3v) is 7.95. The molecule has 0 bridgehead atoms. The summed E-state index contributed by atoms with van der Waals surface area (Å²) in [5, 5.41) is 7.38. The van der Waals surface area contributed by atoms with Gasteiger partial charge in [0.15, 0.2) is 29.3 Å². The predicted molar refractivity (Wildman–Crippen MR) is 171 cm³/mol. The summed E-state index contributed by atoms with van der Waals surface area (Å²) in [6.45, 7) is 4.86. The Hall–Kier alpha value is -4.53. The minimum Gasteiger partial charge on any atom is -0.493 e. The average molecular weight is 597 g/mol. The smallest absolute Gasteiger partial charge is 0.198 e. The first kappa shape index (κ1) is 28.6. The molecule has 2 aliphatic rings. The molecule has 0 aliphatic carbocycles. The van der Waals surface area contributed by atoms with Crippen LogP contribution < -0.4 is 24.3 Å². The first-order chi connectivity index (χ1) is 21.0. The number of ketones is 1. The van der Waals surface area contributed by atoms with Crippen molar-refractivity contribution in [1.29, 1.82) is 0 Å². The van der Waals surface area contributed by atoms with Gasteiger partial charge in [0, 0.05) is 47.5 Å². The van der Waals surface area contributed by atoms with E-state index in [1.807, 2.05) is 94.8 Å². The lowest BCUT2D eigenvalue weighted by atomic mass is 10.1. The van der Waals surface area contributed by atoms with Crippen LogP contribution in [0, 0.1) is 0 Å². The second-order valence-corrected chi connectivity index (χ2v) is 10.7. The van der Waals surface area contributed by atoms with E-state index in [2.05, 4.69) is 17.0 Å². The van der Waals surface area contributed by atoms with Gasteiger partial charge in [-0.25, -0.2) is 5.01 Å². The Bertz CT molecular complexity index is 1610. The SMILES string of the molecule is COc1cccc(C2N(c3ccccc3)N=C(C(C)=O)N2c2ccc(N3CCOCC3)cc2)c1OCc1ccccc1Cl. The van der Waals surface area contributed by atoms with Gasteiger partial charge in [0.1, 0.15) is 6.61 Å². The van der Waals surface area contributed by atoms with Crippen molar-refractivity contribution in [2.75, 3.05) is 48.2 Å². The Balaban J connectivity index is 1.46. The van der Waals surface area contributed by atoms with Crippen LogP contribution in [0.4, 0.5) is 17.1 Å². The van der Waals surface area contributed by atoms with Crippen LogP contribution >= 0.6 is 11.6 Å². The van der Waals surface area contributed by atoms with E-state index >= 15 is 0 Å². The van der Waals surface area contributed by atoms with Crippen molar-refractivity contribution < 1.29 is 19.0 Å². The van der Waals surface area contributed by atoms with Crippen LogP contribution in [-0.2, 0) is 16.1 Å². The number of rotatable bonds is 9. The van der Waals surface area contributed by atoms with Gasteiger partial charge in [0.05, 0.1) is 26.0 Å². The largest absolute Gasteiger partial charge is 0.493 e. The van der Waals surface area contributed by atoms with Crippen LogP contribution in [0.2, 0.25) is 5.02 Å². The molecule has 9 heteroatoms. The highest BCUT2D eigenvalue weighted by atomic mass is 35.5. The molecule has 1 atom stereocenters. The molecular weight excluding hydrogens is 564 g/mol. The molecule has 0 spiro atoms. The maximum atomic E-state index is 13.2. The fraction of sp³-hybridized carbons (Fsp3) is 0.235. The number of hydrogen-bond acceptors (Lipinski definition) is 8. The van der Waals surface area contributed by atoms with Crippen LogP contribution in [0.1, 0.15) is 24.2 Å². The van der Waals surface area contributed by atoms with E-state index < -0.39 is 6.17 Å². The molecule has 0 radical (unpaired) electrons. The van der Waals surface area contributed by atoms with Crippen LogP contribution in [0.3, 0.4) is 0 Å². The van der Waals surface area contributed by atoms with Gasteiger partial charge >= 0.3 is 0 Å². The summed E-state index contributed by atoms with van der Waals surface area (Å²) in [4.78, 5) is 17.4. The molecule has 6 rings (SSSR count). The molecule has 0 amide bonds. The Kier molecular flexibility index (Phi) is 8.49. The lowest BCUT2D eigenvalue weighted by molar-refractivity contribution is -0.111. The van der Waals surface area contributed by atoms with E-state index in [0.29, 0.717) is 35.6 Å². The lowest BCUT2D eigenvalue weighted by Crippen LogP contribution is -2.38. The Morgan fingerprint density at radius 3 is 2.28 bits per heavy atom. The van der Waals surface area contributed by atoms with E-state index in [0.717, 1.165) is 41.3 Å². The third-order valence-electron chi connectivity index (χ3n) is 7.58. The van der Waals surface area contributed by atoms with Crippen LogP contribution in [0.5, 0.6) is 11.5 Å². The molecule has 2 heterocycles. The van der Waals surface area contributed by atoms with Gasteiger partial charge in [-0.15, -0.1) is 5.10 Å². The Morgan fingerprint density at radius 1 is 0.884 bits per heavy atom. The molecular formula is C34H33ClN4O4. The fourth-order valence-corrected chi connectivity index (χ4v) is 5.64. The zero-order valence-corrected chi connectivity index (χ0v) is 24.9. The number of hydrogen-bond donors (Lipinski definition) is 0. The summed E-state index contributed by atoms with van der Waals surface area (Å²) >= 11 is 6.47. The topological polar surface area (TPSA) is 66.8 Å². The number of para-hydroxylation sites is 2. The first-order valence-electron chi connectivity index (χ1n) is 14.2. The van der Waals surface area contributed by atoms with Gasteiger partial charge < -0.3 is 19.1 Å². The van der Waals surface area contributed by atoms with Gasteiger partial charge in [0.25, 0.3) is 0 Å². The molecule has 2 aliphatic heterocycles. The summed E-state index contributed by atoms with van der Waals surface area (Å²) < 4.78 is 17.8. The molecule has 43 heavy (non-hydrogen) atoms. The second-order valence-electron chi connectivity index (χ2n) is 10.3. The van der Waals surface area contributed by atoms with Gasteiger partial charge in [0.2, 0.25) is 0 Å². The highest BCUT2D eigenvalue weighted by Gasteiger charge is 2.41. The van der Waals surface area contributed by atoms with Gasteiger partial charge in [-0.2, -0.15) is 0 Å². The van der Waals surface area contributed by atoms with Crippen LogP contribution in [0.15, 0.2) is 102 Å². The van der Waals surface area contributed by atoms with E-state index in [1.165, 1.54) is 0 Å². The number of halogens is 1. The van der Waals surface area contributed by atoms with Gasteiger partial charge in [-0.1, -0.05) is 60.1 Å². The zero-order chi connectivity index (χ0) is 29.8. The van der Waals surface area contributed by atoms with Crippen molar-refractivity contribution >= 4 is 40.3 Å². The molecule has 220 valence electrons. The lowest BCUT2D eigenvalue weighted by Gasteiger charge is -2.34. The molecule has 0 saturated carbocycles. The number of morpholine rings is 1. The minimum atomic E-state index is -0.549. The van der Waals surface area contributed by atoms with Crippen molar-refractivity contribution in [3.05, 3.63) is 113 Å². The maximum Gasteiger partial charge on any atom is 0.198 e. The van der Waals surface area contributed by atoms with Crippen molar-refractivity contribution in [1.82, 2.24) is 0 Å². The molecule has 1 saturated heterocycles. The van der Waals surface area contributed by atoms with Crippen molar-refractivity contribution in [2.24, 2.45) is 5.10 Å². The number of anilines is 3. The normalized spacial score (nSPS) is 16.7. The average Bonchev–Trinajstić information content (AvgIpc) is 3.46. The van der Waals surface area contributed by atoms with Crippen molar-refractivity contribution in [2.45, 2.75) is 19.7 Å². The first-order valence-corrected chi connectivity index (χ1v) is 14.6. The number of carbonyl (C=O) groups is 1. The number of hydrazone groups is 1. The Morgan fingerprint density at radius 2 is 1.58 bits per heavy atom. The van der Waals surface area contributed by atoms with E-state index in [1.54, 1.807) is 14.0 Å².